The molecule has 1 heterocycles. The van der Waals surface area contributed by atoms with Crippen molar-refractivity contribution in [1.29, 1.82) is 0 Å². The van der Waals surface area contributed by atoms with Crippen molar-refractivity contribution in [2.75, 3.05) is 20.6 Å². The maximum atomic E-state index is 12.3. The lowest BCUT2D eigenvalue weighted by atomic mass is 10.1. The molecule has 0 aliphatic heterocycles. The fourth-order valence-corrected chi connectivity index (χ4v) is 2.18. The number of rotatable bonds is 5. The van der Waals surface area contributed by atoms with E-state index in [9.17, 15) is 4.79 Å². The van der Waals surface area contributed by atoms with Crippen LogP contribution in [0.5, 0.6) is 0 Å². The molecular formula is C15H19ClN4O. The quantitative estimate of drug-likeness (QED) is 0.920. The third-order valence-electron chi connectivity index (χ3n) is 3.06. The normalized spacial score (nSPS) is 12.4. The van der Waals surface area contributed by atoms with Crippen molar-refractivity contribution in [3.8, 4) is 0 Å². The van der Waals surface area contributed by atoms with E-state index in [0.29, 0.717) is 17.3 Å². The second-order valence-electron chi connectivity index (χ2n) is 5.26. The molecule has 0 aliphatic rings. The Morgan fingerprint density at radius 2 is 2.05 bits per heavy atom. The smallest absolute Gasteiger partial charge is 0.271 e. The van der Waals surface area contributed by atoms with Gasteiger partial charge in [-0.2, -0.15) is 0 Å². The van der Waals surface area contributed by atoms with Crippen molar-refractivity contribution < 1.29 is 4.79 Å². The van der Waals surface area contributed by atoms with E-state index in [2.05, 4.69) is 10.3 Å². The molecule has 112 valence electrons. The number of nitrogens with zero attached hydrogens (tertiary/aromatic N) is 3. The second-order valence-corrected chi connectivity index (χ2v) is 5.70. The summed E-state index contributed by atoms with van der Waals surface area (Å²) in [5.74, 6) is -0.183. The van der Waals surface area contributed by atoms with Gasteiger partial charge >= 0.3 is 0 Å². The van der Waals surface area contributed by atoms with E-state index in [1.807, 2.05) is 50.3 Å². The SMILES string of the molecule is CN(C)C[C@@H](NC(=O)c1cn(C)cn1)c1ccc(Cl)cc1. The standard InChI is InChI=1S/C15H19ClN4O/c1-19(2)8-13(11-4-6-12(16)7-5-11)18-15(21)14-9-20(3)10-17-14/h4-7,9-10,13H,8H2,1-3H3,(H,18,21)/t13-/m1/s1. The van der Waals surface area contributed by atoms with Gasteiger partial charge in [0.1, 0.15) is 5.69 Å². The summed E-state index contributed by atoms with van der Waals surface area (Å²) in [7, 11) is 5.77. The molecule has 2 aromatic rings. The zero-order valence-corrected chi connectivity index (χ0v) is 13.1. The average Bonchev–Trinajstić information content (AvgIpc) is 2.85. The van der Waals surface area contributed by atoms with E-state index < -0.39 is 0 Å². The largest absolute Gasteiger partial charge is 0.343 e. The number of likely N-dealkylation sites (N-methyl/N-ethyl adjacent to an activating group) is 1. The highest BCUT2D eigenvalue weighted by atomic mass is 35.5. The average molecular weight is 307 g/mol. The number of hydrogen-bond donors (Lipinski definition) is 1. The molecule has 0 fully saturated rings. The molecule has 6 heteroatoms. The summed E-state index contributed by atoms with van der Waals surface area (Å²) < 4.78 is 1.75. The van der Waals surface area contributed by atoms with Crippen LogP contribution in [0.4, 0.5) is 0 Å². The molecule has 0 saturated carbocycles. The molecule has 0 bridgehead atoms. The fraction of sp³-hybridized carbons (Fsp3) is 0.333. The minimum Gasteiger partial charge on any atom is -0.343 e. The third-order valence-corrected chi connectivity index (χ3v) is 3.31. The Balaban J connectivity index is 2.16. The number of halogens is 1. The second kappa shape index (κ2) is 6.74. The van der Waals surface area contributed by atoms with E-state index in [0.717, 1.165) is 5.56 Å². The van der Waals surface area contributed by atoms with Gasteiger partial charge in [-0.1, -0.05) is 23.7 Å². The number of aryl methyl sites for hydroxylation is 1. The Bertz CT molecular complexity index is 606. The summed E-state index contributed by atoms with van der Waals surface area (Å²) >= 11 is 5.92. The highest BCUT2D eigenvalue weighted by Crippen LogP contribution is 2.17. The summed E-state index contributed by atoms with van der Waals surface area (Å²) in [4.78, 5) is 18.4. The van der Waals surface area contributed by atoms with E-state index in [1.165, 1.54) is 0 Å². The molecule has 5 nitrogen and oxygen atoms in total. The van der Waals surface area contributed by atoms with Crippen LogP contribution in [0.1, 0.15) is 22.1 Å². The van der Waals surface area contributed by atoms with Crippen LogP contribution in [0.2, 0.25) is 5.02 Å². The minimum absolute atomic E-state index is 0.119. The summed E-state index contributed by atoms with van der Waals surface area (Å²) in [6.45, 7) is 0.695. The van der Waals surface area contributed by atoms with Gasteiger partial charge in [0.25, 0.3) is 5.91 Å². The van der Waals surface area contributed by atoms with Gasteiger partial charge in [0, 0.05) is 24.8 Å². The van der Waals surface area contributed by atoms with Gasteiger partial charge < -0.3 is 14.8 Å². The zero-order chi connectivity index (χ0) is 15.4. The first-order valence-corrected chi connectivity index (χ1v) is 7.02. The molecule has 0 saturated heterocycles. The third kappa shape index (κ3) is 4.31. The number of amides is 1. The van der Waals surface area contributed by atoms with Gasteiger partial charge in [0.15, 0.2) is 0 Å². The molecule has 2 rings (SSSR count). The van der Waals surface area contributed by atoms with E-state index in [1.54, 1.807) is 17.1 Å². The molecule has 0 aliphatic carbocycles. The van der Waals surface area contributed by atoms with Crippen LogP contribution in [0.15, 0.2) is 36.8 Å². The molecule has 1 aromatic carbocycles. The number of nitrogens with one attached hydrogen (secondary N) is 1. The maximum absolute atomic E-state index is 12.3. The first-order valence-electron chi connectivity index (χ1n) is 6.64. The first kappa shape index (κ1) is 15.5. The van der Waals surface area contributed by atoms with E-state index >= 15 is 0 Å². The summed E-state index contributed by atoms with van der Waals surface area (Å²) in [5, 5.41) is 3.69. The van der Waals surface area contributed by atoms with Gasteiger partial charge in [-0.05, 0) is 31.8 Å². The van der Waals surface area contributed by atoms with Crippen LogP contribution >= 0.6 is 11.6 Å². The highest BCUT2D eigenvalue weighted by molar-refractivity contribution is 6.30. The molecular weight excluding hydrogens is 288 g/mol. The highest BCUT2D eigenvalue weighted by Gasteiger charge is 2.18. The van der Waals surface area contributed by atoms with Crippen LogP contribution in [-0.2, 0) is 7.05 Å². The van der Waals surface area contributed by atoms with Gasteiger partial charge in [-0.15, -0.1) is 0 Å². The van der Waals surface area contributed by atoms with E-state index in [-0.39, 0.29) is 11.9 Å². The number of hydrogen-bond acceptors (Lipinski definition) is 3. The van der Waals surface area contributed by atoms with E-state index in [4.69, 9.17) is 11.6 Å². The minimum atomic E-state index is -0.183. The van der Waals surface area contributed by atoms with Crippen LogP contribution in [0.3, 0.4) is 0 Å². The number of imidazole rings is 1. The summed E-state index contributed by atoms with van der Waals surface area (Å²) in [6, 6.07) is 7.38. The van der Waals surface area contributed by atoms with Crippen molar-refractivity contribution in [2.45, 2.75) is 6.04 Å². The van der Waals surface area contributed by atoms with Crippen LogP contribution in [0.25, 0.3) is 0 Å². The number of carbonyl (C=O) groups is 1. The Morgan fingerprint density at radius 1 is 1.38 bits per heavy atom. The first-order chi connectivity index (χ1) is 9.95. The number of carbonyl (C=O) groups excluding carboxylic acids is 1. The van der Waals surface area contributed by atoms with Gasteiger partial charge in [-0.3, -0.25) is 4.79 Å². The molecule has 21 heavy (non-hydrogen) atoms. The van der Waals surface area contributed by atoms with Crippen LogP contribution in [0, 0.1) is 0 Å². The Morgan fingerprint density at radius 3 is 2.57 bits per heavy atom. The number of benzene rings is 1. The Hall–Kier alpha value is -1.85. The van der Waals surface area contributed by atoms with Crippen LogP contribution in [-0.4, -0.2) is 41.0 Å². The molecule has 1 amide bonds. The van der Waals surface area contributed by atoms with Crippen molar-refractivity contribution in [3.63, 3.8) is 0 Å². The topological polar surface area (TPSA) is 50.2 Å². The fourth-order valence-electron chi connectivity index (χ4n) is 2.06. The lowest BCUT2D eigenvalue weighted by Crippen LogP contribution is -2.35. The van der Waals surface area contributed by atoms with Crippen molar-refractivity contribution in [3.05, 3.63) is 53.1 Å². The lowest BCUT2D eigenvalue weighted by Gasteiger charge is -2.22. The van der Waals surface area contributed by atoms with Crippen molar-refractivity contribution in [1.82, 2.24) is 19.8 Å². The molecule has 1 aromatic heterocycles. The molecule has 0 radical (unpaired) electrons. The zero-order valence-electron chi connectivity index (χ0n) is 12.4. The molecule has 1 atom stereocenters. The summed E-state index contributed by atoms with van der Waals surface area (Å²) in [6.07, 6.45) is 3.31. The lowest BCUT2D eigenvalue weighted by molar-refractivity contribution is 0.0925. The predicted molar refractivity (Wildman–Crippen MR) is 83.4 cm³/mol. The van der Waals surface area contributed by atoms with Crippen molar-refractivity contribution >= 4 is 17.5 Å². The summed E-state index contributed by atoms with van der Waals surface area (Å²) in [5.41, 5.74) is 1.42. The van der Waals surface area contributed by atoms with Gasteiger partial charge in [0.05, 0.1) is 12.4 Å². The predicted octanol–water partition coefficient (Wildman–Crippen LogP) is 2.11. The molecule has 0 spiro atoms. The Kier molecular flexibility index (Phi) is 4.98. The maximum Gasteiger partial charge on any atom is 0.271 e. The number of aromatic nitrogens is 2. The monoisotopic (exact) mass is 306 g/mol. The Labute approximate surface area is 129 Å². The molecule has 0 unspecified atom stereocenters. The molecule has 1 N–H and O–H groups in total. The van der Waals surface area contributed by atoms with Gasteiger partial charge in [-0.25, -0.2) is 4.98 Å². The van der Waals surface area contributed by atoms with Gasteiger partial charge in [0.2, 0.25) is 0 Å². The van der Waals surface area contributed by atoms with Crippen molar-refractivity contribution in [2.24, 2.45) is 7.05 Å². The van der Waals surface area contributed by atoms with Crippen LogP contribution < -0.4 is 5.32 Å².